The fourth-order valence-corrected chi connectivity index (χ4v) is 3.08. The first-order valence-electron chi connectivity index (χ1n) is 6.12. The molecule has 0 atom stereocenters. The number of hydrogen-bond acceptors (Lipinski definition) is 7. The van der Waals surface area contributed by atoms with Gasteiger partial charge in [-0.1, -0.05) is 0 Å². The number of nitro benzene ring substituents is 1. The summed E-state index contributed by atoms with van der Waals surface area (Å²) in [5.41, 5.74) is 0.0346. The Hall–Kier alpha value is -2.45. The lowest BCUT2D eigenvalue weighted by Crippen LogP contribution is -1.97. The maximum atomic E-state index is 10.8. The van der Waals surface area contributed by atoms with Gasteiger partial charge in [0.25, 0.3) is 5.69 Å². The maximum absolute atomic E-state index is 10.8. The number of rotatable bonds is 3. The standard InChI is InChI=1S/C13H9ClN4O3S/c1-6-4-8-11(16-13(14)17-12(8)22-6)15-9-5-7(18(20)21)2-3-10(9)19/h2-5,19H,1H3,(H,15,16,17). The van der Waals surface area contributed by atoms with Crippen molar-refractivity contribution in [3.63, 3.8) is 0 Å². The summed E-state index contributed by atoms with van der Waals surface area (Å²) in [6.45, 7) is 1.93. The monoisotopic (exact) mass is 336 g/mol. The molecule has 0 aliphatic rings. The van der Waals surface area contributed by atoms with E-state index in [2.05, 4.69) is 15.3 Å². The molecule has 7 nitrogen and oxygen atoms in total. The SMILES string of the molecule is Cc1cc2c(Nc3cc([N+](=O)[O-])ccc3O)nc(Cl)nc2s1. The number of nitro groups is 1. The summed E-state index contributed by atoms with van der Waals surface area (Å²) in [6.07, 6.45) is 0. The number of phenols is 1. The summed E-state index contributed by atoms with van der Waals surface area (Å²) in [6, 6.07) is 5.58. The first-order chi connectivity index (χ1) is 10.4. The Bertz CT molecular complexity index is 896. The number of nitrogens with one attached hydrogen (secondary N) is 1. The summed E-state index contributed by atoms with van der Waals surface area (Å²) >= 11 is 7.35. The van der Waals surface area contributed by atoms with Gasteiger partial charge in [-0.2, -0.15) is 4.98 Å². The Morgan fingerprint density at radius 1 is 1.36 bits per heavy atom. The molecule has 0 unspecified atom stereocenters. The van der Waals surface area contributed by atoms with E-state index >= 15 is 0 Å². The molecular weight excluding hydrogens is 328 g/mol. The number of aromatic hydroxyl groups is 1. The molecule has 3 rings (SSSR count). The number of phenolic OH excluding ortho intramolecular Hbond substituents is 1. The predicted molar refractivity (Wildman–Crippen MR) is 85.2 cm³/mol. The first kappa shape index (κ1) is 14.5. The summed E-state index contributed by atoms with van der Waals surface area (Å²) in [5, 5.41) is 24.4. The number of anilines is 2. The van der Waals surface area contributed by atoms with Crippen LogP contribution in [0.4, 0.5) is 17.2 Å². The molecule has 2 heterocycles. The lowest BCUT2D eigenvalue weighted by molar-refractivity contribution is -0.384. The second-order valence-electron chi connectivity index (χ2n) is 4.50. The minimum Gasteiger partial charge on any atom is -0.506 e. The minimum absolute atomic E-state index is 0.0572. The minimum atomic E-state index is -0.540. The molecule has 2 aromatic heterocycles. The van der Waals surface area contributed by atoms with Gasteiger partial charge in [-0.25, -0.2) is 4.98 Å². The summed E-state index contributed by atoms with van der Waals surface area (Å²) in [7, 11) is 0. The van der Waals surface area contributed by atoms with Crippen LogP contribution in [0.5, 0.6) is 5.75 Å². The van der Waals surface area contributed by atoms with Gasteiger partial charge >= 0.3 is 0 Å². The van der Waals surface area contributed by atoms with Crippen molar-refractivity contribution in [2.75, 3.05) is 5.32 Å². The molecule has 3 aromatic rings. The van der Waals surface area contributed by atoms with Gasteiger partial charge < -0.3 is 10.4 Å². The fourth-order valence-electron chi connectivity index (χ4n) is 1.98. The Kier molecular flexibility index (Phi) is 3.55. The van der Waals surface area contributed by atoms with Gasteiger partial charge in [-0.15, -0.1) is 11.3 Å². The largest absolute Gasteiger partial charge is 0.506 e. The van der Waals surface area contributed by atoms with Crippen molar-refractivity contribution in [2.24, 2.45) is 0 Å². The third-order valence-corrected chi connectivity index (χ3v) is 4.05. The molecule has 1 aromatic carbocycles. The second kappa shape index (κ2) is 5.39. The van der Waals surface area contributed by atoms with Crippen molar-refractivity contribution in [3.05, 3.63) is 44.5 Å². The van der Waals surface area contributed by atoms with E-state index in [9.17, 15) is 15.2 Å². The Labute approximate surface area is 133 Å². The van der Waals surface area contributed by atoms with Crippen LogP contribution in [0, 0.1) is 17.0 Å². The van der Waals surface area contributed by atoms with Crippen LogP contribution in [0.3, 0.4) is 0 Å². The number of fused-ring (bicyclic) bond motifs is 1. The van der Waals surface area contributed by atoms with Crippen LogP contribution in [0.15, 0.2) is 24.3 Å². The van der Waals surface area contributed by atoms with E-state index in [1.807, 2.05) is 13.0 Å². The summed E-state index contributed by atoms with van der Waals surface area (Å²) < 4.78 is 0. The highest BCUT2D eigenvalue weighted by molar-refractivity contribution is 7.18. The van der Waals surface area contributed by atoms with Crippen molar-refractivity contribution in [2.45, 2.75) is 6.92 Å². The van der Waals surface area contributed by atoms with Crippen LogP contribution in [-0.4, -0.2) is 20.0 Å². The molecule has 2 N–H and O–H groups in total. The number of aromatic nitrogens is 2. The molecule has 9 heteroatoms. The normalized spacial score (nSPS) is 10.8. The van der Waals surface area contributed by atoms with Gasteiger partial charge in [-0.3, -0.25) is 10.1 Å². The van der Waals surface area contributed by atoms with Crippen LogP contribution in [0.25, 0.3) is 10.2 Å². The van der Waals surface area contributed by atoms with Crippen molar-refractivity contribution in [1.29, 1.82) is 0 Å². The Balaban J connectivity index is 2.10. The third-order valence-electron chi connectivity index (χ3n) is 2.93. The van der Waals surface area contributed by atoms with E-state index in [1.165, 1.54) is 29.5 Å². The van der Waals surface area contributed by atoms with Crippen LogP contribution >= 0.6 is 22.9 Å². The van der Waals surface area contributed by atoms with Crippen molar-refractivity contribution < 1.29 is 10.0 Å². The number of halogens is 1. The van der Waals surface area contributed by atoms with E-state index in [0.717, 1.165) is 10.3 Å². The highest BCUT2D eigenvalue weighted by Crippen LogP contribution is 2.35. The molecule has 0 bridgehead atoms. The third kappa shape index (κ3) is 2.66. The van der Waals surface area contributed by atoms with Crippen LogP contribution in [-0.2, 0) is 0 Å². The van der Waals surface area contributed by atoms with Crippen molar-refractivity contribution in [1.82, 2.24) is 9.97 Å². The molecule has 112 valence electrons. The predicted octanol–water partition coefficient (Wildman–Crippen LogP) is 4.01. The summed E-state index contributed by atoms with van der Waals surface area (Å²) in [5.74, 6) is 0.260. The lowest BCUT2D eigenvalue weighted by atomic mass is 10.2. The molecule has 0 aliphatic carbocycles. The van der Waals surface area contributed by atoms with Gasteiger partial charge in [0, 0.05) is 17.0 Å². The van der Waals surface area contributed by atoms with Gasteiger partial charge in [0.15, 0.2) is 0 Å². The quantitative estimate of drug-likeness (QED) is 0.324. The van der Waals surface area contributed by atoms with E-state index in [4.69, 9.17) is 11.6 Å². The van der Waals surface area contributed by atoms with E-state index in [1.54, 1.807) is 0 Å². The topological polar surface area (TPSA) is 101 Å². The number of non-ortho nitro benzene ring substituents is 1. The van der Waals surface area contributed by atoms with E-state index in [-0.39, 0.29) is 22.4 Å². The molecule has 0 aliphatic heterocycles. The van der Waals surface area contributed by atoms with Crippen LogP contribution in [0.2, 0.25) is 5.28 Å². The van der Waals surface area contributed by atoms with Gasteiger partial charge in [0.2, 0.25) is 5.28 Å². The zero-order valence-electron chi connectivity index (χ0n) is 11.2. The van der Waals surface area contributed by atoms with Crippen LogP contribution in [0.1, 0.15) is 4.88 Å². The Morgan fingerprint density at radius 2 is 2.14 bits per heavy atom. The number of nitrogens with zero attached hydrogens (tertiary/aromatic N) is 3. The number of benzene rings is 1. The summed E-state index contributed by atoms with van der Waals surface area (Å²) in [4.78, 5) is 20.2. The fraction of sp³-hybridized carbons (Fsp3) is 0.0769. The maximum Gasteiger partial charge on any atom is 0.271 e. The molecule has 0 fully saturated rings. The van der Waals surface area contributed by atoms with E-state index < -0.39 is 4.92 Å². The van der Waals surface area contributed by atoms with Gasteiger partial charge in [-0.05, 0) is 30.7 Å². The highest BCUT2D eigenvalue weighted by Gasteiger charge is 2.14. The zero-order valence-corrected chi connectivity index (χ0v) is 12.8. The number of aryl methyl sites for hydroxylation is 1. The number of hydrogen-bond donors (Lipinski definition) is 2. The molecule has 0 amide bonds. The smallest absolute Gasteiger partial charge is 0.271 e. The van der Waals surface area contributed by atoms with Gasteiger partial charge in [0.05, 0.1) is 16.0 Å². The second-order valence-corrected chi connectivity index (χ2v) is 6.07. The average Bonchev–Trinajstić information content (AvgIpc) is 2.81. The molecule has 0 radical (unpaired) electrons. The molecule has 22 heavy (non-hydrogen) atoms. The Morgan fingerprint density at radius 3 is 2.86 bits per heavy atom. The van der Waals surface area contributed by atoms with E-state index in [0.29, 0.717) is 10.6 Å². The molecule has 0 saturated heterocycles. The van der Waals surface area contributed by atoms with Crippen molar-refractivity contribution >= 4 is 50.3 Å². The first-order valence-corrected chi connectivity index (χ1v) is 7.31. The zero-order chi connectivity index (χ0) is 15.9. The van der Waals surface area contributed by atoms with Crippen molar-refractivity contribution in [3.8, 4) is 5.75 Å². The number of thiophene rings is 1. The van der Waals surface area contributed by atoms with Crippen LogP contribution < -0.4 is 5.32 Å². The molecule has 0 saturated carbocycles. The highest BCUT2D eigenvalue weighted by atomic mass is 35.5. The average molecular weight is 337 g/mol. The molecular formula is C13H9ClN4O3S. The van der Waals surface area contributed by atoms with Gasteiger partial charge in [0.1, 0.15) is 16.4 Å². The molecule has 0 spiro atoms. The lowest BCUT2D eigenvalue weighted by Gasteiger charge is -2.08.